The van der Waals surface area contributed by atoms with Crippen LogP contribution in [0.2, 0.25) is 0 Å². The van der Waals surface area contributed by atoms with Crippen molar-refractivity contribution < 1.29 is 14.5 Å². The van der Waals surface area contributed by atoms with Crippen molar-refractivity contribution >= 4 is 12.0 Å². The predicted octanol–water partition coefficient (Wildman–Crippen LogP) is 2.20. The minimum absolute atomic E-state index is 0.129. The van der Waals surface area contributed by atoms with E-state index in [1.165, 1.54) is 18.2 Å². The second-order valence-electron chi connectivity index (χ2n) is 4.10. The fraction of sp³-hybridized carbons (Fsp3) is 0.231. The van der Waals surface area contributed by atoms with Gasteiger partial charge in [0, 0.05) is 29.9 Å². The monoisotopic (exact) mass is 275 g/mol. The summed E-state index contributed by atoms with van der Waals surface area (Å²) >= 11 is 0. The number of nitro groups is 1. The average molecular weight is 275 g/mol. The highest BCUT2D eigenvalue weighted by molar-refractivity contribution is 5.77. The molecular formula is C13H13N3O4. The van der Waals surface area contributed by atoms with E-state index in [-0.39, 0.29) is 23.6 Å². The van der Waals surface area contributed by atoms with Crippen LogP contribution in [0.25, 0.3) is 0 Å². The first-order valence-electron chi connectivity index (χ1n) is 6.01. The van der Waals surface area contributed by atoms with E-state index >= 15 is 0 Å². The molecule has 104 valence electrons. The third-order valence-corrected chi connectivity index (χ3v) is 2.72. The van der Waals surface area contributed by atoms with Gasteiger partial charge in [0.15, 0.2) is 5.75 Å². The van der Waals surface area contributed by atoms with Crippen molar-refractivity contribution in [3.05, 3.63) is 51.8 Å². The second-order valence-corrected chi connectivity index (χ2v) is 4.10. The Balaban J connectivity index is 2.16. The minimum atomic E-state index is -0.572. The summed E-state index contributed by atoms with van der Waals surface area (Å²) in [4.78, 5) is 21.0. The fourth-order valence-electron chi connectivity index (χ4n) is 1.69. The van der Waals surface area contributed by atoms with Crippen molar-refractivity contribution in [3.8, 4) is 5.75 Å². The number of benzene rings is 1. The highest BCUT2D eigenvalue weighted by Crippen LogP contribution is 2.28. The Labute approximate surface area is 114 Å². The van der Waals surface area contributed by atoms with Crippen LogP contribution in [0.5, 0.6) is 5.75 Å². The number of nitrogens with zero attached hydrogens (tertiary/aromatic N) is 3. The van der Waals surface area contributed by atoms with Crippen molar-refractivity contribution in [2.45, 2.75) is 20.1 Å². The van der Waals surface area contributed by atoms with E-state index in [1.54, 1.807) is 10.9 Å². The van der Waals surface area contributed by atoms with Crippen LogP contribution >= 0.6 is 0 Å². The van der Waals surface area contributed by atoms with Crippen molar-refractivity contribution in [2.24, 2.45) is 0 Å². The molecule has 0 unspecified atom stereocenters. The molecule has 0 radical (unpaired) electrons. The molecular weight excluding hydrogens is 262 g/mol. The molecule has 2 aromatic rings. The summed E-state index contributed by atoms with van der Waals surface area (Å²) < 4.78 is 7.17. The quantitative estimate of drug-likeness (QED) is 0.458. The summed E-state index contributed by atoms with van der Waals surface area (Å²) in [6.45, 7) is 2.89. The number of carbonyl (C=O) groups is 1. The van der Waals surface area contributed by atoms with Gasteiger partial charge in [-0.3, -0.25) is 19.6 Å². The number of aromatic nitrogens is 2. The lowest BCUT2D eigenvalue weighted by Crippen LogP contribution is -1.99. The maximum Gasteiger partial charge on any atom is 0.311 e. The van der Waals surface area contributed by atoms with Gasteiger partial charge in [0.1, 0.15) is 12.9 Å². The van der Waals surface area contributed by atoms with Gasteiger partial charge in [0.2, 0.25) is 0 Å². The zero-order chi connectivity index (χ0) is 14.5. The van der Waals surface area contributed by atoms with E-state index in [0.29, 0.717) is 6.29 Å². The number of aldehydes is 1. The maximum atomic E-state index is 10.9. The number of aryl methyl sites for hydroxylation is 1. The van der Waals surface area contributed by atoms with Gasteiger partial charge >= 0.3 is 5.69 Å². The number of ether oxygens (including phenoxy) is 1. The maximum absolute atomic E-state index is 10.9. The number of nitro benzene ring substituents is 1. The van der Waals surface area contributed by atoms with Crippen molar-refractivity contribution in [2.75, 3.05) is 0 Å². The topological polar surface area (TPSA) is 87.3 Å². The van der Waals surface area contributed by atoms with Crippen LogP contribution in [0.15, 0.2) is 30.6 Å². The molecule has 7 heteroatoms. The molecule has 20 heavy (non-hydrogen) atoms. The van der Waals surface area contributed by atoms with Crippen LogP contribution in [0.1, 0.15) is 22.8 Å². The highest BCUT2D eigenvalue weighted by atomic mass is 16.6. The van der Waals surface area contributed by atoms with Gasteiger partial charge in [0.25, 0.3) is 0 Å². The van der Waals surface area contributed by atoms with E-state index in [2.05, 4.69) is 5.10 Å². The molecule has 1 heterocycles. The molecule has 0 bridgehead atoms. The third kappa shape index (κ3) is 3.00. The lowest BCUT2D eigenvalue weighted by atomic mass is 10.2. The average Bonchev–Trinajstić information content (AvgIpc) is 2.92. The summed E-state index contributed by atoms with van der Waals surface area (Å²) in [5.74, 6) is 0.129. The molecule has 0 atom stereocenters. The summed E-state index contributed by atoms with van der Waals surface area (Å²) in [6.07, 6.45) is 4.02. The molecule has 0 aliphatic rings. The Morgan fingerprint density at radius 2 is 2.30 bits per heavy atom. The van der Waals surface area contributed by atoms with E-state index in [1.807, 2.05) is 13.1 Å². The number of rotatable bonds is 6. The molecule has 0 N–H and O–H groups in total. The van der Waals surface area contributed by atoms with Gasteiger partial charge in [-0.05, 0) is 19.1 Å². The van der Waals surface area contributed by atoms with E-state index < -0.39 is 4.92 Å². The molecule has 0 saturated heterocycles. The normalized spacial score (nSPS) is 10.2. The van der Waals surface area contributed by atoms with Gasteiger partial charge in [-0.2, -0.15) is 5.10 Å². The second kappa shape index (κ2) is 5.96. The predicted molar refractivity (Wildman–Crippen MR) is 70.7 cm³/mol. The van der Waals surface area contributed by atoms with Crippen LogP contribution in [0.3, 0.4) is 0 Å². The Kier molecular flexibility index (Phi) is 4.09. The summed E-state index contributed by atoms with van der Waals surface area (Å²) in [7, 11) is 0. The molecule has 7 nitrogen and oxygen atoms in total. The summed E-state index contributed by atoms with van der Waals surface area (Å²) in [6, 6.07) is 4.09. The summed E-state index contributed by atoms with van der Waals surface area (Å²) in [5, 5.41) is 15.0. The molecule has 1 aromatic carbocycles. The van der Waals surface area contributed by atoms with Gasteiger partial charge in [-0.25, -0.2) is 0 Å². The Morgan fingerprint density at radius 1 is 1.50 bits per heavy atom. The zero-order valence-electron chi connectivity index (χ0n) is 10.9. The van der Waals surface area contributed by atoms with E-state index in [0.717, 1.165) is 12.1 Å². The zero-order valence-corrected chi connectivity index (χ0v) is 10.9. The Hall–Kier alpha value is -2.70. The minimum Gasteiger partial charge on any atom is -0.482 e. The largest absolute Gasteiger partial charge is 0.482 e. The van der Waals surface area contributed by atoms with Gasteiger partial charge in [0.05, 0.1) is 11.1 Å². The molecule has 2 rings (SSSR count). The van der Waals surface area contributed by atoms with Crippen LogP contribution in [-0.4, -0.2) is 21.0 Å². The molecule has 0 aliphatic heterocycles. The molecule has 0 fully saturated rings. The third-order valence-electron chi connectivity index (χ3n) is 2.72. The van der Waals surface area contributed by atoms with Crippen molar-refractivity contribution in [1.29, 1.82) is 0 Å². The Morgan fingerprint density at radius 3 is 2.90 bits per heavy atom. The van der Waals surface area contributed by atoms with Crippen LogP contribution in [-0.2, 0) is 13.2 Å². The van der Waals surface area contributed by atoms with E-state index in [4.69, 9.17) is 4.74 Å². The van der Waals surface area contributed by atoms with Crippen LogP contribution in [0.4, 0.5) is 5.69 Å². The highest BCUT2D eigenvalue weighted by Gasteiger charge is 2.16. The van der Waals surface area contributed by atoms with Gasteiger partial charge < -0.3 is 4.74 Å². The lowest BCUT2D eigenvalue weighted by Gasteiger charge is -2.05. The lowest BCUT2D eigenvalue weighted by molar-refractivity contribution is -0.386. The smallest absolute Gasteiger partial charge is 0.311 e. The van der Waals surface area contributed by atoms with Crippen molar-refractivity contribution in [1.82, 2.24) is 9.78 Å². The molecule has 0 amide bonds. The van der Waals surface area contributed by atoms with Gasteiger partial charge in [-0.1, -0.05) is 0 Å². The number of carbonyl (C=O) groups excluding carboxylic acids is 1. The first-order valence-corrected chi connectivity index (χ1v) is 6.01. The first-order chi connectivity index (χ1) is 9.63. The number of hydrogen-bond donors (Lipinski definition) is 0. The molecule has 0 aliphatic carbocycles. The molecule has 0 saturated carbocycles. The Bertz CT molecular complexity index is 636. The first kappa shape index (κ1) is 13.7. The van der Waals surface area contributed by atoms with Crippen molar-refractivity contribution in [3.63, 3.8) is 0 Å². The standard InChI is InChI=1S/C13H13N3O4/c1-2-15-7-11(6-14-15)9-20-13-4-3-10(8-17)5-12(13)16(18)19/h3-8H,2,9H2,1H3. The fourth-order valence-corrected chi connectivity index (χ4v) is 1.69. The number of hydrogen-bond acceptors (Lipinski definition) is 5. The van der Waals surface area contributed by atoms with Crippen LogP contribution < -0.4 is 4.74 Å². The summed E-state index contributed by atoms with van der Waals surface area (Å²) in [5.41, 5.74) is 0.834. The SMILES string of the molecule is CCn1cc(COc2ccc(C=O)cc2[N+](=O)[O-])cn1. The molecule has 0 spiro atoms. The van der Waals surface area contributed by atoms with E-state index in [9.17, 15) is 14.9 Å². The van der Waals surface area contributed by atoms with Gasteiger partial charge in [-0.15, -0.1) is 0 Å². The molecule has 1 aromatic heterocycles. The van der Waals surface area contributed by atoms with Crippen LogP contribution in [0, 0.1) is 10.1 Å².